The zero-order valence-electron chi connectivity index (χ0n) is 7.65. The van der Waals surface area contributed by atoms with Crippen molar-refractivity contribution in [3.63, 3.8) is 0 Å². The first-order valence-corrected chi connectivity index (χ1v) is 3.97. The van der Waals surface area contributed by atoms with Crippen LogP contribution in [-0.2, 0) is 17.9 Å². The van der Waals surface area contributed by atoms with Gasteiger partial charge in [0.1, 0.15) is 0 Å². The Hall–Kier alpha value is -1.36. The number of carboxylic acids is 1. The Balaban J connectivity index is 3.00. The molecular formula is C8H12N2O3. The topological polar surface area (TPSA) is 64.3 Å². The molecule has 0 aliphatic rings. The smallest absolute Gasteiger partial charge is 0.356 e. The van der Waals surface area contributed by atoms with Crippen LogP contribution in [-0.4, -0.2) is 28.0 Å². The van der Waals surface area contributed by atoms with Crippen LogP contribution in [0.25, 0.3) is 0 Å². The van der Waals surface area contributed by atoms with Gasteiger partial charge < -0.3 is 9.84 Å². The summed E-state index contributed by atoms with van der Waals surface area (Å²) in [5.41, 5.74) is 0.681. The predicted octanol–water partition coefficient (Wildman–Crippen LogP) is 0.748. The maximum atomic E-state index is 10.7. The van der Waals surface area contributed by atoms with Crippen LogP contribution < -0.4 is 0 Å². The number of aryl methyl sites for hydroxylation is 1. The molecule has 13 heavy (non-hydrogen) atoms. The zero-order valence-corrected chi connectivity index (χ0v) is 7.65. The third kappa shape index (κ3) is 2.06. The number of carbonyl (C=O) groups is 1. The number of rotatable bonds is 4. The second-order valence-electron chi connectivity index (χ2n) is 2.60. The predicted molar refractivity (Wildman–Crippen MR) is 45.6 cm³/mol. The monoisotopic (exact) mass is 184 g/mol. The van der Waals surface area contributed by atoms with Gasteiger partial charge in [0.25, 0.3) is 0 Å². The quantitative estimate of drug-likeness (QED) is 0.749. The second-order valence-corrected chi connectivity index (χ2v) is 2.60. The summed E-state index contributed by atoms with van der Waals surface area (Å²) in [6.07, 6.45) is 1.69. The molecule has 0 saturated heterocycles. The van der Waals surface area contributed by atoms with Crippen LogP contribution in [0.5, 0.6) is 0 Å². The third-order valence-electron chi connectivity index (χ3n) is 1.66. The maximum Gasteiger partial charge on any atom is 0.356 e. The van der Waals surface area contributed by atoms with E-state index in [1.807, 2.05) is 6.92 Å². The molecule has 0 bridgehead atoms. The Bertz CT molecular complexity index is 306. The van der Waals surface area contributed by atoms with Gasteiger partial charge in [-0.2, -0.15) is 5.10 Å². The van der Waals surface area contributed by atoms with E-state index in [0.29, 0.717) is 12.1 Å². The second kappa shape index (κ2) is 4.04. The Morgan fingerprint density at radius 1 is 1.77 bits per heavy atom. The van der Waals surface area contributed by atoms with Gasteiger partial charge >= 0.3 is 5.97 Å². The molecule has 1 aromatic heterocycles. The van der Waals surface area contributed by atoms with Gasteiger partial charge in [0.15, 0.2) is 5.69 Å². The van der Waals surface area contributed by atoms with Crippen LogP contribution in [0.3, 0.4) is 0 Å². The van der Waals surface area contributed by atoms with E-state index in [9.17, 15) is 4.79 Å². The summed E-state index contributed by atoms with van der Waals surface area (Å²) in [7, 11) is 1.52. The Labute approximate surface area is 75.9 Å². The van der Waals surface area contributed by atoms with E-state index in [-0.39, 0.29) is 12.3 Å². The fourth-order valence-electron chi connectivity index (χ4n) is 1.07. The number of aromatic nitrogens is 2. The molecule has 0 radical (unpaired) electrons. The van der Waals surface area contributed by atoms with Gasteiger partial charge in [0, 0.05) is 25.4 Å². The number of hydrogen-bond acceptors (Lipinski definition) is 3. The lowest BCUT2D eigenvalue weighted by Gasteiger charge is -1.94. The van der Waals surface area contributed by atoms with Gasteiger partial charge in [-0.25, -0.2) is 4.79 Å². The summed E-state index contributed by atoms with van der Waals surface area (Å²) in [4.78, 5) is 10.7. The molecular weight excluding hydrogens is 172 g/mol. The molecule has 0 saturated carbocycles. The molecule has 0 fully saturated rings. The largest absolute Gasteiger partial charge is 0.476 e. The lowest BCUT2D eigenvalue weighted by molar-refractivity contribution is 0.0684. The molecule has 72 valence electrons. The fourth-order valence-corrected chi connectivity index (χ4v) is 1.07. The molecule has 0 aliphatic heterocycles. The van der Waals surface area contributed by atoms with E-state index in [2.05, 4.69) is 5.10 Å². The number of hydrogen-bond donors (Lipinski definition) is 1. The number of aromatic carboxylic acids is 1. The van der Waals surface area contributed by atoms with Gasteiger partial charge in [0.2, 0.25) is 0 Å². The van der Waals surface area contributed by atoms with Crippen molar-refractivity contribution in [2.75, 3.05) is 7.11 Å². The summed E-state index contributed by atoms with van der Waals surface area (Å²) in [5.74, 6) is -1.01. The lowest BCUT2D eigenvalue weighted by Crippen LogP contribution is -2.03. The molecule has 1 rings (SSSR count). The highest BCUT2D eigenvalue weighted by molar-refractivity contribution is 5.86. The van der Waals surface area contributed by atoms with Crippen LogP contribution in [0.2, 0.25) is 0 Å². The highest BCUT2D eigenvalue weighted by atomic mass is 16.5. The zero-order chi connectivity index (χ0) is 9.84. The van der Waals surface area contributed by atoms with Gasteiger partial charge in [-0.15, -0.1) is 0 Å². The fraction of sp³-hybridized carbons (Fsp3) is 0.500. The van der Waals surface area contributed by atoms with Crippen LogP contribution in [0, 0.1) is 0 Å². The van der Waals surface area contributed by atoms with E-state index in [0.717, 1.165) is 0 Å². The van der Waals surface area contributed by atoms with Crippen molar-refractivity contribution in [2.45, 2.75) is 20.1 Å². The number of nitrogens with zero attached hydrogens (tertiary/aromatic N) is 2. The Morgan fingerprint density at radius 3 is 2.92 bits per heavy atom. The van der Waals surface area contributed by atoms with Gasteiger partial charge in [-0.1, -0.05) is 0 Å². The van der Waals surface area contributed by atoms with Crippen molar-refractivity contribution >= 4 is 5.97 Å². The van der Waals surface area contributed by atoms with Crippen molar-refractivity contribution in [2.24, 2.45) is 0 Å². The first-order chi connectivity index (χ1) is 6.19. The molecule has 0 spiro atoms. The molecule has 5 heteroatoms. The molecule has 1 aromatic rings. The standard InChI is InChI=1S/C8H12N2O3/c1-3-10-4-6(5-13-2)7(9-10)8(11)12/h4H,3,5H2,1-2H3,(H,11,12). The first kappa shape index (κ1) is 9.73. The van der Waals surface area contributed by atoms with Crippen LogP contribution in [0.15, 0.2) is 6.20 Å². The lowest BCUT2D eigenvalue weighted by atomic mass is 10.2. The van der Waals surface area contributed by atoms with Crippen molar-refractivity contribution in [3.8, 4) is 0 Å². The summed E-state index contributed by atoms with van der Waals surface area (Å²) in [5, 5.41) is 12.7. The average Bonchev–Trinajstić information content (AvgIpc) is 2.48. The van der Waals surface area contributed by atoms with Gasteiger partial charge in [0.05, 0.1) is 6.61 Å². The summed E-state index contributed by atoms with van der Waals surface area (Å²) in [6, 6.07) is 0. The SMILES string of the molecule is CCn1cc(COC)c(C(=O)O)n1. The number of ether oxygens (including phenoxy) is 1. The highest BCUT2D eigenvalue weighted by Crippen LogP contribution is 2.08. The minimum Gasteiger partial charge on any atom is -0.476 e. The molecule has 0 aliphatic carbocycles. The normalized spacial score (nSPS) is 10.3. The third-order valence-corrected chi connectivity index (χ3v) is 1.66. The van der Waals surface area contributed by atoms with Crippen molar-refractivity contribution in [3.05, 3.63) is 17.5 Å². The van der Waals surface area contributed by atoms with Crippen molar-refractivity contribution in [1.29, 1.82) is 0 Å². The minimum atomic E-state index is -1.01. The summed E-state index contributed by atoms with van der Waals surface area (Å²) >= 11 is 0. The minimum absolute atomic E-state index is 0.0729. The van der Waals surface area contributed by atoms with E-state index < -0.39 is 5.97 Å². The number of methoxy groups -OCH3 is 1. The molecule has 0 aromatic carbocycles. The van der Waals surface area contributed by atoms with Crippen molar-refractivity contribution in [1.82, 2.24) is 9.78 Å². The molecule has 1 heterocycles. The van der Waals surface area contributed by atoms with Crippen LogP contribution in [0.4, 0.5) is 0 Å². The Morgan fingerprint density at radius 2 is 2.46 bits per heavy atom. The number of carboxylic acid groups (broad SMARTS) is 1. The summed E-state index contributed by atoms with van der Waals surface area (Å²) in [6.45, 7) is 2.83. The molecule has 0 atom stereocenters. The van der Waals surface area contributed by atoms with Crippen molar-refractivity contribution < 1.29 is 14.6 Å². The Kier molecular flexibility index (Phi) is 3.02. The van der Waals surface area contributed by atoms with E-state index in [1.54, 1.807) is 10.9 Å². The van der Waals surface area contributed by atoms with E-state index >= 15 is 0 Å². The molecule has 5 nitrogen and oxygen atoms in total. The highest BCUT2D eigenvalue weighted by Gasteiger charge is 2.14. The average molecular weight is 184 g/mol. The molecule has 0 amide bonds. The van der Waals surface area contributed by atoms with E-state index in [1.165, 1.54) is 7.11 Å². The van der Waals surface area contributed by atoms with Crippen LogP contribution in [0.1, 0.15) is 23.0 Å². The molecule has 0 unspecified atom stereocenters. The maximum absolute atomic E-state index is 10.7. The van der Waals surface area contributed by atoms with Crippen LogP contribution >= 0.6 is 0 Å². The van der Waals surface area contributed by atoms with Gasteiger partial charge in [-0.3, -0.25) is 4.68 Å². The van der Waals surface area contributed by atoms with E-state index in [4.69, 9.17) is 9.84 Å². The van der Waals surface area contributed by atoms with Gasteiger partial charge in [-0.05, 0) is 6.92 Å². The summed E-state index contributed by atoms with van der Waals surface area (Å²) < 4.78 is 6.44. The first-order valence-electron chi connectivity index (χ1n) is 3.97. The molecule has 1 N–H and O–H groups in total.